The van der Waals surface area contributed by atoms with Crippen LogP contribution in [0.1, 0.15) is 37.4 Å². The third-order valence-electron chi connectivity index (χ3n) is 3.43. The summed E-state index contributed by atoms with van der Waals surface area (Å²) in [7, 11) is 0. The van der Waals surface area contributed by atoms with E-state index in [-0.39, 0.29) is 18.4 Å². The lowest BCUT2D eigenvalue weighted by Crippen LogP contribution is -2.32. The van der Waals surface area contributed by atoms with Gasteiger partial charge in [0, 0.05) is 17.5 Å². The van der Waals surface area contributed by atoms with E-state index in [0.29, 0.717) is 5.02 Å². The van der Waals surface area contributed by atoms with E-state index >= 15 is 0 Å². The number of rotatable bonds is 4. The average molecular weight is 268 g/mol. The second-order valence-corrected chi connectivity index (χ2v) is 5.23. The largest absolute Gasteiger partial charge is 0.387 e. The fourth-order valence-electron chi connectivity index (χ4n) is 2.36. The Morgan fingerprint density at radius 2 is 2.17 bits per heavy atom. The Bertz CT molecular complexity index is 416. The number of amides is 1. The van der Waals surface area contributed by atoms with Crippen LogP contribution in [0.25, 0.3) is 0 Å². The quantitative estimate of drug-likeness (QED) is 0.881. The molecule has 0 aliphatic heterocycles. The zero-order valence-corrected chi connectivity index (χ0v) is 11.0. The van der Waals surface area contributed by atoms with Gasteiger partial charge in [0.1, 0.15) is 0 Å². The van der Waals surface area contributed by atoms with E-state index in [4.69, 9.17) is 11.6 Å². The molecule has 1 fully saturated rings. The van der Waals surface area contributed by atoms with E-state index in [0.717, 1.165) is 31.2 Å². The molecule has 1 saturated carbocycles. The standard InChI is InChI=1S/C14H18ClNO2/c15-12-7-3-6-11(8-12)13(17)9-16-14(18)10-4-1-2-5-10/h3,6-8,10,13,17H,1-2,4-5,9H2,(H,16,18)/t13-/m1/s1. The summed E-state index contributed by atoms with van der Waals surface area (Å²) < 4.78 is 0. The van der Waals surface area contributed by atoms with E-state index < -0.39 is 6.10 Å². The van der Waals surface area contributed by atoms with Crippen molar-refractivity contribution in [3.8, 4) is 0 Å². The lowest BCUT2D eigenvalue weighted by Gasteiger charge is -2.15. The van der Waals surface area contributed by atoms with Crippen LogP contribution in [0.15, 0.2) is 24.3 Å². The van der Waals surface area contributed by atoms with Gasteiger partial charge in [0.2, 0.25) is 5.91 Å². The second kappa shape index (κ2) is 6.21. The number of benzene rings is 1. The minimum absolute atomic E-state index is 0.0635. The van der Waals surface area contributed by atoms with E-state index in [1.54, 1.807) is 24.3 Å². The fraction of sp³-hybridized carbons (Fsp3) is 0.500. The van der Waals surface area contributed by atoms with Crippen molar-refractivity contribution in [3.63, 3.8) is 0 Å². The van der Waals surface area contributed by atoms with Gasteiger partial charge in [-0.1, -0.05) is 36.6 Å². The van der Waals surface area contributed by atoms with Gasteiger partial charge in [-0.25, -0.2) is 0 Å². The molecular formula is C14H18ClNO2. The van der Waals surface area contributed by atoms with Crippen molar-refractivity contribution in [2.45, 2.75) is 31.8 Å². The van der Waals surface area contributed by atoms with Crippen LogP contribution in [0, 0.1) is 5.92 Å². The highest BCUT2D eigenvalue weighted by Gasteiger charge is 2.22. The number of aliphatic hydroxyl groups excluding tert-OH is 1. The van der Waals surface area contributed by atoms with Crippen LogP contribution in [-0.4, -0.2) is 17.6 Å². The van der Waals surface area contributed by atoms with Crippen LogP contribution in [0.4, 0.5) is 0 Å². The molecule has 3 nitrogen and oxygen atoms in total. The normalized spacial score (nSPS) is 17.7. The van der Waals surface area contributed by atoms with E-state index in [1.165, 1.54) is 0 Å². The van der Waals surface area contributed by atoms with Gasteiger partial charge in [0.25, 0.3) is 0 Å². The summed E-state index contributed by atoms with van der Waals surface area (Å²) in [6.45, 7) is 0.246. The topological polar surface area (TPSA) is 49.3 Å². The number of carbonyl (C=O) groups is 1. The molecule has 0 unspecified atom stereocenters. The van der Waals surface area contributed by atoms with E-state index in [1.807, 2.05) is 0 Å². The van der Waals surface area contributed by atoms with Crippen molar-refractivity contribution >= 4 is 17.5 Å². The molecule has 1 amide bonds. The monoisotopic (exact) mass is 267 g/mol. The predicted octanol–water partition coefficient (Wildman–Crippen LogP) is 2.68. The molecule has 1 aliphatic rings. The first-order valence-electron chi connectivity index (χ1n) is 6.38. The van der Waals surface area contributed by atoms with Crippen molar-refractivity contribution in [2.24, 2.45) is 5.92 Å². The van der Waals surface area contributed by atoms with Gasteiger partial charge in [0.05, 0.1) is 6.10 Å². The van der Waals surface area contributed by atoms with Crippen LogP contribution < -0.4 is 5.32 Å². The molecule has 0 saturated heterocycles. The summed E-state index contributed by atoms with van der Waals surface area (Å²) >= 11 is 5.86. The van der Waals surface area contributed by atoms with Crippen molar-refractivity contribution in [2.75, 3.05) is 6.54 Å². The third-order valence-corrected chi connectivity index (χ3v) is 3.66. The van der Waals surface area contributed by atoms with Crippen LogP contribution in [0.5, 0.6) is 0 Å². The molecule has 1 aromatic rings. The first-order valence-corrected chi connectivity index (χ1v) is 6.76. The lowest BCUT2D eigenvalue weighted by atomic mass is 10.1. The molecule has 0 radical (unpaired) electrons. The number of hydrogen-bond acceptors (Lipinski definition) is 2. The molecule has 2 N–H and O–H groups in total. The predicted molar refractivity (Wildman–Crippen MR) is 71.4 cm³/mol. The molecule has 0 bridgehead atoms. The molecule has 1 aromatic carbocycles. The summed E-state index contributed by atoms with van der Waals surface area (Å²) in [5, 5.41) is 13.4. The summed E-state index contributed by atoms with van der Waals surface area (Å²) in [6.07, 6.45) is 3.51. The van der Waals surface area contributed by atoms with E-state index in [2.05, 4.69) is 5.32 Å². The lowest BCUT2D eigenvalue weighted by molar-refractivity contribution is -0.125. The highest BCUT2D eigenvalue weighted by atomic mass is 35.5. The van der Waals surface area contributed by atoms with Gasteiger partial charge < -0.3 is 10.4 Å². The Balaban J connectivity index is 1.84. The molecule has 1 atom stereocenters. The zero-order chi connectivity index (χ0) is 13.0. The summed E-state index contributed by atoms with van der Waals surface area (Å²) in [5.41, 5.74) is 0.731. The van der Waals surface area contributed by atoms with Gasteiger partial charge in [-0.15, -0.1) is 0 Å². The van der Waals surface area contributed by atoms with Crippen LogP contribution >= 0.6 is 11.6 Å². The Kier molecular flexibility index (Phi) is 4.61. The number of hydrogen-bond donors (Lipinski definition) is 2. The first kappa shape index (κ1) is 13.4. The van der Waals surface area contributed by atoms with Gasteiger partial charge in [-0.05, 0) is 30.5 Å². The highest BCUT2D eigenvalue weighted by Crippen LogP contribution is 2.25. The Labute approximate surface area is 112 Å². The van der Waals surface area contributed by atoms with E-state index in [9.17, 15) is 9.90 Å². The maximum absolute atomic E-state index is 11.8. The van der Waals surface area contributed by atoms with Crippen LogP contribution in [-0.2, 0) is 4.79 Å². The maximum Gasteiger partial charge on any atom is 0.223 e. The SMILES string of the molecule is O=C(NC[C@@H](O)c1cccc(Cl)c1)C1CCCC1. The summed E-state index contributed by atoms with van der Waals surface area (Å²) in [5.74, 6) is 0.199. The van der Waals surface area contributed by atoms with Gasteiger partial charge in [-0.3, -0.25) is 4.79 Å². The number of aliphatic hydroxyl groups is 1. The Morgan fingerprint density at radius 3 is 2.83 bits per heavy atom. The number of nitrogens with one attached hydrogen (secondary N) is 1. The minimum Gasteiger partial charge on any atom is -0.387 e. The maximum atomic E-state index is 11.8. The number of halogens is 1. The van der Waals surface area contributed by atoms with Gasteiger partial charge in [-0.2, -0.15) is 0 Å². The molecule has 18 heavy (non-hydrogen) atoms. The van der Waals surface area contributed by atoms with Crippen molar-refractivity contribution < 1.29 is 9.90 Å². The Hall–Kier alpha value is -1.06. The zero-order valence-electron chi connectivity index (χ0n) is 10.2. The first-order chi connectivity index (χ1) is 8.66. The van der Waals surface area contributed by atoms with Gasteiger partial charge >= 0.3 is 0 Å². The number of carbonyl (C=O) groups excluding carboxylic acids is 1. The molecular weight excluding hydrogens is 250 g/mol. The third kappa shape index (κ3) is 3.47. The van der Waals surface area contributed by atoms with Crippen molar-refractivity contribution in [1.29, 1.82) is 0 Å². The summed E-state index contributed by atoms with van der Waals surface area (Å²) in [6, 6.07) is 7.07. The van der Waals surface area contributed by atoms with Crippen molar-refractivity contribution in [3.05, 3.63) is 34.9 Å². The van der Waals surface area contributed by atoms with Gasteiger partial charge in [0.15, 0.2) is 0 Å². The summed E-state index contributed by atoms with van der Waals surface area (Å²) in [4.78, 5) is 11.8. The smallest absolute Gasteiger partial charge is 0.223 e. The van der Waals surface area contributed by atoms with Crippen LogP contribution in [0.2, 0.25) is 5.02 Å². The molecule has 98 valence electrons. The molecule has 1 aliphatic carbocycles. The molecule has 0 spiro atoms. The van der Waals surface area contributed by atoms with Crippen LogP contribution in [0.3, 0.4) is 0 Å². The molecule has 0 heterocycles. The minimum atomic E-state index is -0.700. The molecule has 0 aromatic heterocycles. The molecule has 4 heteroatoms. The Morgan fingerprint density at radius 1 is 1.44 bits per heavy atom. The highest BCUT2D eigenvalue weighted by molar-refractivity contribution is 6.30. The van der Waals surface area contributed by atoms with Crippen molar-refractivity contribution in [1.82, 2.24) is 5.32 Å². The average Bonchev–Trinajstić information content (AvgIpc) is 2.89. The molecule has 2 rings (SSSR count). The second-order valence-electron chi connectivity index (χ2n) is 4.80. The fourth-order valence-corrected chi connectivity index (χ4v) is 2.56.